The highest BCUT2D eigenvalue weighted by atomic mass is 14.9. The average Bonchev–Trinajstić information content (AvgIpc) is 2.46. The molecule has 1 aromatic carbocycles. The number of nitriles is 1. The molecule has 0 spiro atoms. The number of nitrogens with zero attached hydrogens (tertiary/aromatic N) is 2. The van der Waals surface area contributed by atoms with Gasteiger partial charge >= 0.3 is 0 Å². The molecular formula is C15H15N3. The monoisotopic (exact) mass is 237 g/mol. The average molecular weight is 237 g/mol. The van der Waals surface area contributed by atoms with Crippen LogP contribution in [0.4, 0.5) is 0 Å². The van der Waals surface area contributed by atoms with Gasteiger partial charge in [-0.15, -0.1) is 0 Å². The van der Waals surface area contributed by atoms with Crippen molar-refractivity contribution < 1.29 is 0 Å². The maximum atomic E-state index is 9.14. The molecule has 2 rings (SSSR count). The molecule has 1 N–H and O–H groups in total. The fourth-order valence-electron chi connectivity index (χ4n) is 1.80. The highest BCUT2D eigenvalue weighted by Crippen LogP contribution is 2.10. The molecule has 1 unspecified atom stereocenters. The van der Waals surface area contributed by atoms with Crippen LogP contribution in [0.3, 0.4) is 0 Å². The molecule has 0 amide bonds. The topological polar surface area (TPSA) is 48.7 Å². The normalized spacial score (nSPS) is 11.7. The molecule has 1 atom stereocenters. The molecule has 0 aliphatic heterocycles. The number of rotatable bonds is 5. The Bertz CT molecular complexity index is 502. The van der Waals surface area contributed by atoms with Gasteiger partial charge in [-0.25, -0.2) is 0 Å². The Morgan fingerprint density at radius 3 is 2.50 bits per heavy atom. The van der Waals surface area contributed by atoms with Crippen molar-refractivity contribution >= 4 is 0 Å². The summed E-state index contributed by atoms with van der Waals surface area (Å²) in [5, 5.41) is 12.4. The Morgan fingerprint density at radius 1 is 1.11 bits per heavy atom. The first kappa shape index (κ1) is 12.3. The third-order valence-corrected chi connectivity index (χ3v) is 2.77. The summed E-state index contributed by atoms with van der Waals surface area (Å²) in [4.78, 5) is 3.95. The van der Waals surface area contributed by atoms with Gasteiger partial charge in [-0.05, 0) is 29.7 Å². The van der Waals surface area contributed by atoms with Gasteiger partial charge in [0.2, 0.25) is 0 Å². The van der Waals surface area contributed by atoms with Crippen LogP contribution in [0.25, 0.3) is 0 Å². The van der Waals surface area contributed by atoms with Crippen molar-refractivity contribution in [2.45, 2.75) is 12.5 Å². The minimum absolute atomic E-state index is 0.267. The fraction of sp³-hybridized carbons (Fsp3) is 0.200. The van der Waals surface area contributed by atoms with Gasteiger partial charge in [0.1, 0.15) is 6.04 Å². The third kappa shape index (κ3) is 3.41. The molecule has 0 aliphatic rings. The summed E-state index contributed by atoms with van der Waals surface area (Å²) < 4.78 is 0. The molecule has 18 heavy (non-hydrogen) atoms. The van der Waals surface area contributed by atoms with E-state index in [0.29, 0.717) is 0 Å². The lowest BCUT2D eigenvalue weighted by atomic mass is 10.1. The highest BCUT2D eigenvalue weighted by molar-refractivity contribution is 5.21. The van der Waals surface area contributed by atoms with Crippen molar-refractivity contribution in [3.8, 4) is 6.07 Å². The van der Waals surface area contributed by atoms with Gasteiger partial charge in [0.05, 0.1) is 6.07 Å². The summed E-state index contributed by atoms with van der Waals surface area (Å²) in [5.74, 6) is 0. The first-order chi connectivity index (χ1) is 8.90. The molecule has 1 aromatic heterocycles. The van der Waals surface area contributed by atoms with Crippen LogP contribution in [0.15, 0.2) is 54.9 Å². The SMILES string of the molecule is N#CC(NCCc1ccccc1)c1ccncc1. The van der Waals surface area contributed by atoms with Crippen molar-refractivity contribution in [1.82, 2.24) is 10.3 Å². The quantitative estimate of drug-likeness (QED) is 0.869. The zero-order chi connectivity index (χ0) is 12.6. The van der Waals surface area contributed by atoms with E-state index in [4.69, 9.17) is 5.26 Å². The smallest absolute Gasteiger partial charge is 0.121 e. The third-order valence-electron chi connectivity index (χ3n) is 2.77. The number of nitrogens with one attached hydrogen (secondary N) is 1. The molecule has 0 saturated heterocycles. The van der Waals surface area contributed by atoms with Gasteiger partial charge in [0, 0.05) is 18.9 Å². The standard InChI is InChI=1S/C15H15N3/c16-12-15(14-7-9-17-10-8-14)18-11-6-13-4-2-1-3-5-13/h1-5,7-10,15,18H,6,11H2. The molecule has 3 heteroatoms. The van der Waals surface area contributed by atoms with Crippen LogP contribution in [0, 0.1) is 11.3 Å². The van der Waals surface area contributed by atoms with Gasteiger partial charge < -0.3 is 0 Å². The van der Waals surface area contributed by atoms with E-state index >= 15 is 0 Å². The van der Waals surface area contributed by atoms with Crippen LogP contribution in [-0.2, 0) is 6.42 Å². The van der Waals surface area contributed by atoms with Crippen LogP contribution in [0.5, 0.6) is 0 Å². The largest absolute Gasteiger partial charge is 0.298 e. The van der Waals surface area contributed by atoms with Crippen LogP contribution in [0.1, 0.15) is 17.2 Å². The van der Waals surface area contributed by atoms with E-state index in [0.717, 1.165) is 18.5 Å². The Morgan fingerprint density at radius 2 is 1.83 bits per heavy atom. The Kier molecular flexibility index (Phi) is 4.46. The first-order valence-electron chi connectivity index (χ1n) is 5.97. The van der Waals surface area contributed by atoms with E-state index in [9.17, 15) is 0 Å². The predicted octanol–water partition coefficient (Wildman–Crippen LogP) is 2.48. The van der Waals surface area contributed by atoms with Crippen LogP contribution < -0.4 is 5.32 Å². The molecule has 0 aliphatic carbocycles. The summed E-state index contributed by atoms with van der Waals surface area (Å²) in [6.07, 6.45) is 4.33. The molecular weight excluding hydrogens is 222 g/mol. The zero-order valence-electron chi connectivity index (χ0n) is 10.1. The summed E-state index contributed by atoms with van der Waals surface area (Å²) in [6.45, 7) is 0.782. The van der Waals surface area contributed by atoms with Crippen molar-refractivity contribution in [2.75, 3.05) is 6.54 Å². The Balaban J connectivity index is 1.88. The molecule has 0 bridgehead atoms. The van der Waals surface area contributed by atoms with Gasteiger partial charge in [-0.2, -0.15) is 5.26 Å². The summed E-state index contributed by atoms with van der Waals surface area (Å²) in [5.41, 5.74) is 2.23. The van der Waals surface area contributed by atoms with Crippen molar-refractivity contribution in [2.24, 2.45) is 0 Å². The minimum Gasteiger partial charge on any atom is -0.298 e. The number of pyridine rings is 1. The predicted molar refractivity (Wildman–Crippen MR) is 70.7 cm³/mol. The second-order valence-corrected chi connectivity index (χ2v) is 4.03. The summed E-state index contributed by atoms with van der Waals surface area (Å²) >= 11 is 0. The molecule has 90 valence electrons. The lowest BCUT2D eigenvalue weighted by Crippen LogP contribution is -2.22. The lowest BCUT2D eigenvalue weighted by Gasteiger charge is -2.11. The number of aromatic nitrogens is 1. The van der Waals surface area contributed by atoms with E-state index in [1.54, 1.807) is 12.4 Å². The molecule has 2 aromatic rings. The zero-order valence-corrected chi connectivity index (χ0v) is 10.1. The maximum Gasteiger partial charge on any atom is 0.121 e. The second kappa shape index (κ2) is 6.53. The number of benzene rings is 1. The van der Waals surface area contributed by atoms with E-state index < -0.39 is 0 Å². The Labute approximate surface area is 107 Å². The van der Waals surface area contributed by atoms with Gasteiger partial charge in [-0.1, -0.05) is 30.3 Å². The van der Waals surface area contributed by atoms with E-state index in [2.05, 4.69) is 28.5 Å². The van der Waals surface area contributed by atoms with Gasteiger partial charge in [0.15, 0.2) is 0 Å². The number of hydrogen-bond acceptors (Lipinski definition) is 3. The van der Waals surface area contributed by atoms with E-state index in [-0.39, 0.29) is 6.04 Å². The molecule has 3 nitrogen and oxygen atoms in total. The van der Waals surface area contributed by atoms with Crippen LogP contribution >= 0.6 is 0 Å². The molecule has 0 saturated carbocycles. The minimum atomic E-state index is -0.267. The maximum absolute atomic E-state index is 9.14. The van der Waals surface area contributed by atoms with Crippen LogP contribution in [-0.4, -0.2) is 11.5 Å². The van der Waals surface area contributed by atoms with E-state index in [1.165, 1.54) is 5.56 Å². The Hall–Kier alpha value is -2.18. The van der Waals surface area contributed by atoms with Crippen molar-refractivity contribution in [3.05, 3.63) is 66.0 Å². The van der Waals surface area contributed by atoms with Crippen LogP contribution in [0.2, 0.25) is 0 Å². The van der Waals surface area contributed by atoms with E-state index in [1.807, 2.05) is 30.3 Å². The molecule has 0 fully saturated rings. The lowest BCUT2D eigenvalue weighted by molar-refractivity contribution is 0.629. The first-order valence-corrected chi connectivity index (χ1v) is 5.97. The summed E-state index contributed by atoms with van der Waals surface area (Å²) in [6, 6.07) is 16.0. The molecule has 0 radical (unpaired) electrons. The van der Waals surface area contributed by atoms with Crippen molar-refractivity contribution in [3.63, 3.8) is 0 Å². The second-order valence-electron chi connectivity index (χ2n) is 4.03. The van der Waals surface area contributed by atoms with Crippen molar-refractivity contribution in [1.29, 1.82) is 5.26 Å². The van der Waals surface area contributed by atoms with Gasteiger partial charge in [-0.3, -0.25) is 10.3 Å². The highest BCUT2D eigenvalue weighted by Gasteiger charge is 2.08. The van der Waals surface area contributed by atoms with Gasteiger partial charge in [0.25, 0.3) is 0 Å². The number of hydrogen-bond donors (Lipinski definition) is 1. The molecule has 1 heterocycles. The fourth-order valence-corrected chi connectivity index (χ4v) is 1.80. The summed E-state index contributed by atoms with van der Waals surface area (Å²) in [7, 11) is 0.